The average molecular weight is 242 g/mol. The molecule has 0 spiro atoms. The molecule has 2 N–H and O–H groups in total. The molecule has 0 atom stereocenters. The number of rotatable bonds is 7. The summed E-state index contributed by atoms with van der Waals surface area (Å²) < 4.78 is 0. The Labute approximate surface area is 97.5 Å². The summed E-state index contributed by atoms with van der Waals surface area (Å²) in [6.45, 7) is 0.446. The zero-order valence-corrected chi connectivity index (χ0v) is 9.63. The van der Waals surface area contributed by atoms with E-state index in [-0.39, 0.29) is 12.3 Å². The average Bonchev–Trinajstić information content (AvgIpc) is 2.74. The minimum absolute atomic E-state index is 0.0570. The molecule has 1 amide bonds. The highest BCUT2D eigenvalue weighted by molar-refractivity contribution is 7.07. The predicted octanol–water partition coefficient (Wildman–Crippen LogP) is 1.40. The van der Waals surface area contributed by atoms with Crippen LogP contribution in [0.15, 0.2) is 10.9 Å². The maximum Gasteiger partial charge on any atom is 0.303 e. The Hall–Kier alpha value is -1.43. The topological polar surface area (TPSA) is 79.3 Å². The summed E-state index contributed by atoms with van der Waals surface area (Å²) in [4.78, 5) is 25.6. The van der Waals surface area contributed by atoms with Crippen LogP contribution in [0.25, 0.3) is 0 Å². The van der Waals surface area contributed by atoms with Crippen molar-refractivity contribution in [2.45, 2.75) is 32.2 Å². The van der Waals surface area contributed by atoms with E-state index in [9.17, 15) is 9.59 Å². The van der Waals surface area contributed by atoms with Gasteiger partial charge < -0.3 is 10.4 Å². The molecule has 0 aliphatic heterocycles. The summed E-state index contributed by atoms with van der Waals surface area (Å²) in [7, 11) is 0. The van der Waals surface area contributed by atoms with Crippen molar-refractivity contribution in [3.63, 3.8) is 0 Å². The van der Waals surface area contributed by atoms with Crippen LogP contribution in [0.2, 0.25) is 0 Å². The largest absolute Gasteiger partial charge is 0.481 e. The smallest absolute Gasteiger partial charge is 0.303 e. The zero-order chi connectivity index (χ0) is 11.8. The van der Waals surface area contributed by atoms with Crippen LogP contribution < -0.4 is 5.32 Å². The quantitative estimate of drug-likeness (QED) is 0.708. The Morgan fingerprint density at radius 1 is 1.38 bits per heavy atom. The van der Waals surface area contributed by atoms with Crippen molar-refractivity contribution in [3.05, 3.63) is 16.6 Å². The van der Waals surface area contributed by atoms with Crippen molar-refractivity contribution in [1.29, 1.82) is 0 Å². The van der Waals surface area contributed by atoms with E-state index in [1.807, 2.05) is 5.38 Å². The van der Waals surface area contributed by atoms with E-state index in [1.54, 1.807) is 5.51 Å². The lowest BCUT2D eigenvalue weighted by Crippen LogP contribution is -2.22. The third-order valence-electron chi connectivity index (χ3n) is 1.99. The van der Waals surface area contributed by atoms with Gasteiger partial charge in [0.1, 0.15) is 0 Å². The summed E-state index contributed by atoms with van der Waals surface area (Å²) >= 11 is 1.49. The molecule has 0 unspecified atom stereocenters. The maximum atomic E-state index is 11.3. The van der Waals surface area contributed by atoms with Crippen LogP contribution in [0.5, 0.6) is 0 Å². The van der Waals surface area contributed by atoms with E-state index >= 15 is 0 Å². The fourth-order valence-corrected chi connectivity index (χ4v) is 1.72. The molecular formula is C10H14N2O3S. The van der Waals surface area contributed by atoms with E-state index in [0.717, 1.165) is 5.69 Å². The molecule has 0 aliphatic rings. The van der Waals surface area contributed by atoms with Crippen LogP contribution in [-0.2, 0) is 16.1 Å². The summed E-state index contributed by atoms with van der Waals surface area (Å²) in [6, 6.07) is 0. The van der Waals surface area contributed by atoms with Gasteiger partial charge in [-0.2, -0.15) is 0 Å². The second-order valence-corrected chi connectivity index (χ2v) is 4.08. The first kappa shape index (κ1) is 12.6. The van der Waals surface area contributed by atoms with Crippen molar-refractivity contribution in [2.24, 2.45) is 0 Å². The zero-order valence-electron chi connectivity index (χ0n) is 8.81. The number of amides is 1. The molecule has 0 saturated carbocycles. The third kappa shape index (κ3) is 5.45. The van der Waals surface area contributed by atoms with Crippen molar-refractivity contribution in [1.82, 2.24) is 10.3 Å². The van der Waals surface area contributed by atoms with E-state index in [4.69, 9.17) is 5.11 Å². The number of nitrogens with one attached hydrogen (secondary N) is 1. The second-order valence-electron chi connectivity index (χ2n) is 3.36. The van der Waals surface area contributed by atoms with E-state index in [0.29, 0.717) is 25.8 Å². The van der Waals surface area contributed by atoms with Crippen LogP contribution in [0.3, 0.4) is 0 Å². The minimum Gasteiger partial charge on any atom is -0.481 e. The number of aromatic nitrogens is 1. The predicted molar refractivity (Wildman–Crippen MR) is 60.1 cm³/mol. The third-order valence-corrected chi connectivity index (χ3v) is 2.63. The van der Waals surface area contributed by atoms with Crippen molar-refractivity contribution < 1.29 is 14.7 Å². The van der Waals surface area contributed by atoms with Crippen molar-refractivity contribution in [3.8, 4) is 0 Å². The summed E-state index contributed by atoms with van der Waals surface area (Å²) in [5.74, 6) is -0.874. The standard InChI is InChI=1S/C10H14N2O3S/c13-9(3-1-2-4-10(14)15)11-5-8-6-16-7-12-8/h6-7H,1-5H2,(H,11,13)(H,14,15). The Bertz CT molecular complexity index is 338. The SMILES string of the molecule is O=C(O)CCCCC(=O)NCc1cscn1. The van der Waals surface area contributed by atoms with E-state index < -0.39 is 5.97 Å². The van der Waals surface area contributed by atoms with Crippen molar-refractivity contribution >= 4 is 23.2 Å². The molecule has 0 bridgehead atoms. The monoisotopic (exact) mass is 242 g/mol. The molecule has 5 nitrogen and oxygen atoms in total. The summed E-state index contributed by atoms with van der Waals surface area (Å²) in [6.07, 6.45) is 1.64. The molecule has 88 valence electrons. The van der Waals surface area contributed by atoms with Gasteiger partial charge in [-0.05, 0) is 12.8 Å². The number of hydrogen-bond acceptors (Lipinski definition) is 4. The van der Waals surface area contributed by atoms with Crippen LogP contribution in [0.1, 0.15) is 31.4 Å². The number of carboxylic acid groups (broad SMARTS) is 1. The van der Waals surface area contributed by atoms with Gasteiger partial charge in [0.2, 0.25) is 5.91 Å². The number of carbonyl (C=O) groups is 2. The molecule has 1 aromatic rings. The number of aliphatic carboxylic acids is 1. The normalized spacial score (nSPS) is 10.0. The molecule has 1 aromatic heterocycles. The van der Waals surface area contributed by atoms with Gasteiger partial charge in [0.15, 0.2) is 0 Å². The molecule has 0 aliphatic carbocycles. The van der Waals surface area contributed by atoms with Gasteiger partial charge in [-0.15, -0.1) is 11.3 Å². The number of carbonyl (C=O) groups excluding carboxylic acids is 1. The Balaban J connectivity index is 2.05. The molecule has 1 heterocycles. The van der Waals surface area contributed by atoms with Gasteiger partial charge in [0.05, 0.1) is 17.7 Å². The van der Waals surface area contributed by atoms with Crippen molar-refractivity contribution in [2.75, 3.05) is 0 Å². The highest BCUT2D eigenvalue weighted by Gasteiger charge is 2.03. The van der Waals surface area contributed by atoms with Crippen LogP contribution in [0.4, 0.5) is 0 Å². The van der Waals surface area contributed by atoms with E-state index in [1.165, 1.54) is 11.3 Å². The van der Waals surface area contributed by atoms with E-state index in [2.05, 4.69) is 10.3 Å². The fourth-order valence-electron chi connectivity index (χ4n) is 1.16. The number of thiazole rings is 1. The second kappa shape index (κ2) is 6.95. The molecule has 0 fully saturated rings. The molecular weight excluding hydrogens is 228 g/mol. The van der Waals surface area contributed by atoms with Gasteiger partial charge in [-0.25, -0.2) is 4.98 Å². The number of hydrogen-bond donors (Lipinski definition) is 2. The molecule has 16 heavy (non-hydrogen) atoms. The molecule has 0 radical (unpaired) electrons. The highest BCUT2D eigenvalue weighted by atomic mass is 32.1. The fraction of sp³-hybridized carbons (Fsp3) is 0.500. The first-order valence-electron chi connectivity index (χ1n) is 5.04. The van der Waals surface area contributed by atoms with Gasteiger partial charge in [-0.3, -0.25) is 9.59 Å². The molecule has 0 saturated heterocycles. The molecule has 1 rings (SSSR count). The number of carboxylic acids is 1. The van der Waals surface area contributed by atoms with Gasteiger partial charge in [0, 0.05) is 18.2 Å². The Kier molecular flexibility index (Phi) is 5.49. The lowest BCUT2D eigenvalue weighted by Gasteiger charge is -2.02. The summed E-state index contributed by atoms with van der Waals surface area (Å²) in [5.41, 5.74) is 2.57. The first-order chi connectivity index (χ1) is 7.68. The lowest BCUT2D eigenvalue weighted by molar-refractivity contribution is -0.137. The van der Waals surface area contributed by atoms with Crippen LogP contribution in [-0.4, -0.2) is 22.0 Å². The van der Waals surface area contributed by atoms with Crippen LogP contribution in [0, 0.1) is 0 Å². The van der Waals surface area contributed by atoms with Crippen LogP contribution >= 0.6 is 11.3 Å². The Morgan fingerprint density at radius 2 is 2.12 bits per heavy atom. The Morgan fingerprint density at radius 3 is 2.75 bits per heavy atom. The molecule has 6 heteroatoms. The maximum absolute atomic E-state index is 11.3. The first-order valence-corrected chi connectivity index (χ1v) is 5.98. The summed E-state index contributed by atoms with van der Waals surface area (Å²) in [5, 5.41) is 13.0. The number of nitrogens with zero attached hydrogens (tertiary/aromatic N) is 1. The number of unbranched alkanes of at least 4 members (excludes halogenated alkanes) is 1. The van der Waals surface area contributed by atoms with Gasteiger partial charge in [-0.1, -0.05) is 0 Å². The molecule has 0 aromatic carbocycles. The van der Waals surface area contributed by atoms with Gasteiger partial charge in [0.25, 0.3) is 0 Å². The minimum atomic E-state index is -0.817. The van der Waals surface area contributed by atoms with Gasteiger partial charge >= 0.3 is 5.97 Å². The highest BCUT2D eigenvalue weighted by Crippen LogP contribution is 2.02. The lowest BCUT2D eigenvalue weighted by atomic mass is 10.2.